The molecule has 2 heterocycles. The Kier molecular flexibility index (Phi) is 9.08. The van der Waals surface area contributed by atoms with Gasteiger partial charge in [-0.3, -0.25) is 14.4 Å². The topological polar surface area (TPSA) is 181 Å². The molecule has 0 aliphatic rings. The number of allylic oxidation sites excluding steroid dienone is 1. The predicted molar refractivity (Wildman–Crippen MR) is 129 cm³/mol. The number of carbonyl (C=O) groups excluding carboxylic acids is 2. The fraction of sp³-hybridized carbons (Fsp3) is 0.261. The Morgan fingerprint density at radius 1 is 1.29 bits per heavy atom. The minimum atomic E-state index is -2.78. The summed E-state index contributed by atoms with van der Waals surface area (Å²) in [6.07, 6.45) is -0.268. The quantitative estimate of drug-likeness (QED) is 0.219. The van der Waals surface area contributed by atoms with E-state index in [-0.39, 0.29) is 47.7 Å². The van der Waals surface area contributed by atoms with Crippen molar-refractivity contribution in [1.29, 1.82) is 0 Å². The summed E-state index contributed by atoms with van der Waals surface area (Å²) in [6, 6.07) is 3.53. The summed E-state index contributed by atoms with van der Waals surface area (Å²) in [5, 5.41) is 13.5. The number of rotatable bonds is 12. The van der Waals surface area contributed by atoms with E-state index in [0.717, 1.165) is 18.2 Å². The number of carbonyl (C=O) groups is 3. The van der Waals surface area contributed by atoms with E-state index in [9.17, 15) is 32.3 Å². The van der Waals surface area contributed by atoms with Gasteiger partial charge in [0, 0.05) is 12.3 Å². The number of aromatic nitrogens is 3. The van der Waals surface area contributed by atoms with Crippen LogP contribution >= 0.6 is 0 Å². The fourth-order valence-corrected chi connectivity index (χ4v) is 3.46. The number of halogens is 3. The Morgan fingerprint density at radius 2 is 2.05 bits per heavy atom. The van der Waals surface area contributed by atoms with Crippen LogP contribution in [-0.4, -0.2) is 56.6 Å². The van der Waals surface area contributed by atoms with Crippen molar-refractivity contribution in [3.05, 3.63) is 64.6 Å². The van der Waals surface area contributed by atoms with E-state index in [1.807, 2.05) is 5.32 Å². The predicted octanol–water partition coefficient (Wildman–Crippen LogP) is 1.95. The van der Waals surface area contributed by atoms with Gasteiger partial charge < -0.3 is 35.8 Å². The summed E-state index contributed by atoms with van der Waals surface area (Å²) in [6.45, 7) is -1.12. The minimum absolute atomic E-state index is 0.0194. The molecule has 0 saturated heterocycles. The number of carboxylic acid groups (broad SMARTS) is 1. The van der Waals surface area contributed by atoms with Crippen LogP contribution in [0.5, 0.6) is 5.75 Å². The van der Waals surface area contributed by atoms with Crippen LogP contribution in [0.25, 0.3) is 11.0 Å². The highest BCUT2D eigenvalue weighted by molar-refractivity contribution is 5.96. The maximum Gasteiger partial charge on any atom is 0.405 e. The molecule has 3 rings (SSSR count). The molecule has 1 aromatic carbocycles. The molecule has 1 atom stereocenters. The molecule has 12 nitrogen and oxygen atoms in total. The van der Waals surface area contributed by atoms with Gasteiger partial charge in [0.1, 0.15) is 41.2 Å². The smallest absolute Gasteiger partial charge is 0.405 e. The number of imidazole rings is 1. The van der Waals surface area contributed by atoms with Crippen LogP contribution in [0.1, 0.15) is 18.7 Å². The second-order valence-electron chi connectivity index (χ2n) is 7.91. The van der Waals surface area contributed by atoms with Gasteiger partial charge in [0.25, 0.3) is 12.0 Å². The molecule has 2 aromatic heterocycles. The van der Waals surface area contributed by atoms with E-state index >= 15 is 0 Å². The van der Waals surface area contributed by atoms with E-state index in [1.165, 1.54) is 29.0 Å². The van der Waals surface area contributed by atoms with E-state index in [0.29, 0.717) is 0 Å². The lowest BCUT2D eigenvalue weighted by atomic mass is 10.1. The number of hydrogen-bond acceptors (Lipinski definition) is 6. The molecule has 3 amide bonds. The summed E-state index contributed by atoms with van der Waals surface area (Å²) < 4.78 is 45.1. The lowest BCUT2D eigenvalue weighted by Crippen LogP contribution is -2.44. The fourth-order valence-electron chi connectivity index (χ4n) is 3.46. The van der Waals surface area contributed by atoms with Crippen molar-refractivity contribution >= 4 is 34.6 Å². The Balaban J connectivity index is 1.79. The van der Waals surface area contributed by atoms with Crippen LogP contribution in [0.3, 0.4) is 0 Å². The number of amides is 3. The number of benzene rings is 1. The van der Waals surface area contributed by atoms with Gasteiger partial charge in [-0.05, 0) is 37.1 Å². The number of nitrogens with one attached hydrogen (secondary N) is 3. The average molecular weight is 536 g/mol. The van der Waals surface area contributed by atoms with Crippen LogP contribution in [0.4, 0.5) is 23.7 Å². The summed E-state index contributed by atoms with van der Waals surface area (Å²) in [4.78, 5) is 54.5. The van der Waals surface area contributed by atoms with Crippen LogP contribution in [0, 0.1) is 5.82 Å². The number of ether oxygens (including phenoxy) is 1. The van der Waals surface area contributed by atoms with Gasteiger partial charge in [-0.25, -0.2) is 22.9 Å². The van der Waals surface area contributed by atoms with Crippen molar-refractivity contribution in [1.82, 2.24) is 19.9 Å². The Morgan fingerprint density at radius 3 is 2.74 bits per heavy atom. The number of pyridine rings is 1. The van der Waals surface area contributed by atoms with Gasteiger partial charge in [0.2, 0.25) is 11.8 Å². The highest BCUT2D eigenvalue weighted by atomic mass is 19.3. The first kappa shape index (κ1) is 27.8. The standard InChI is InChI=1S/C23H23F3N6O6/c24-12-8-15-20(16(9-12)38-11-17(25)26)31-19(28-15)10-32-7-3-5-14(22(32)35)29-21(34)13(30-23(36)37)4-1-2-6-18(27)33/h2-3,5-9,13,17,30H,1,4,10-11H2,(H2,27,33)(H,28,31)(H,29,34)(H,36,37)/b6-2+/t13-/m0/s1. The molecule has 0 unspecified atom stereocenters. The maximum atomic E-state index is 13.9. The largest absolute Gasteiger partial charge is 0.485 e. The third kappa shape index (κ3) is 7.59. The molecule has 0 bridgehead atoms. The lowest BCUT2D eigenvalue weighted by molar-refractivity contribution is -0.118. The van der Waals surface area contributed by atoms with E-state index < -0.39 is 48.4 Å². The van der Waals surface area contributed by atoms with Crippen molar-refractivity contribution in [2.75, 3.05) is 11.9 Å². The van der Waals surface area contributed by atoms with Crippen LogP contribution < -0.4 is 26.7 Å². The zero-order valence-electron chi connectivity index (χ0n) is 19.6. The minimum Gasteiger partial charge on any atom is -0.485 e. The normalized spacial score (nSPS) is 12.1. The summed E-state index contributed by atoms with van der Waals surface area (Å²) in [5.74, 6) is -2.28. The number of anilines is 1. The number of fused-ring (bicyclic) bond motifs is 1. The van der Waals surface area contributed by atoms with Gasteiger partial charge in [0.15, 0.2) is 0 Å². The molecule has 0 fully saturated rings. The molecule has 0 saturated carbocycles. The molecule has 202 valence electrons. The van der Waals surface area contributed by atoms with E-state index in [1.54, 1.807) is 0 Å². The first-order valence-corrected chi connectivity index (χ1v) is 11.1. The molecule has 0 aliphatic heterocycles. The number of primary amides is 1. The Labute approximate surface area is 212 Å². The number of alkyl halides is 2. The van der Waals surface area contributed by atoms with Crippen LogP contribution in [0.2, 0.25) is 0 Å². The van der Waals surface area contributed by atoms with Crippen molar-refractivity contribution in [3.63, 3.8) is 0 Å². The molecule has 0 radical (unpaired) electrons. The van der Waals surface area contributed by atoms with Crippen molar-refractivity contribution in [2.24, 2.45) is 5.73 Å². The van der Waals surface area contributed by atoms with Crippen LogP contribution in [0.15, 0.2) is 47.4 Å². The third-order valence-corrected chi connectivity index (χ3v) is 5.05. The second-order valence-corrected chi connectivity index (χ2v) is 7.91. The molecular formula is C23H23F3N6O6. The molecule has 15 heteroatoms. The summed E-state index contributed by atoms with van der Waals surface area (Å²) in [7, 11) is 0. The van der Waals surface area contributed by atoms with Gasteiger partial charge in [-0.15, -0.1) is 0 Å². The number of nitrogens with two attached hydrogens (primary N) is 1. The van der Waals surface area contributed by atoms with Gasteiger partial charge >= 0.3 is 6.09 Å². The van der Waals surface area contributed by atoms with E-state index in [2.05, 4.69) is 15.3 Å². The number of H-pyrrole nitrogens is 1. The maximum absolute atomic E-state index is 13.9. The van der Waals surface area contributed by atoms with Gasteiger partial charge in [-0.2, -0.15) is 0 Å². The molecule has 0 aliphatic carbocycles. The zero-order valence-corrected chi connectivity index (χ0v) is 19.6. The SMILES string of the molecule is NC(=O)/C=C/CC[C@H](NC(=O)O)C(=O)Nc1cccn(Cc2nc3c(OCC(F)F)cc(F)cc3[nH]2)c1=O. The van der Waals surface area contributed by atoms with Crippen molar-refractivity contribution in [2.45, 2.75) is 31.9 Å². The van der Waals surface area contributed by atoms with Gasteiger partial charge in [0.05, 0.1) is 12.1 Å². The summed E-state index contributed by atoms with van der Waals surface area (Å²) in [5.41, 5.74) is 4.42. The molecule has 3 aromatic rings. The van der Waals surface area contributed by atoms with Crippen molar-refractivity contribution < 1.29 is 37.4 Å². The summed E-state index contributed by atoms with van der Waals surface area (Å²) >= 11 is 0. The third-order valence-electron chi connectivity index (χ3n) is 5.05. The zero-order chi connectivity index (χ0) is 27.8. The second kappa shape index (κ2) is 12.4. The Hall–Kier alpha value is -4.82. The molecular weight excluding hydrogens is 513 g/mol. The first-order chi connectivity index (χ1) is 18.0. The number of hydrogen-bond donors (Lipinski definition) is 5. The first-order valence-electron chi connectivity index (χ1n) is 11.1. The number of nitrogens with zero attached hydrogens (tertiary/aromatic N) is 2. The van der Waals surface area contributed by atoms with Crippen LogP contribution in [-0.2, 0) is 16.1 Å². The van der Waals surface area contributed by atoms with E-state index in [4.69, 9.17) is 15.6 Å². The van der Waals surface area contributed by atoms with Crippen molar-refractivity contribution in [3.8, 4) is 5.75 Å². The molecule has 0 spiro atoms. The average Bonchev–Trinajstić information content (AvgIpc) is 3.23. The highest BCUT2D eigenvalue weighted by Gasteiger charge is 2.21. The lowest BCUT2D eigenvalue weighted by Gasteiger charge is -2.16. The van der Waals surface area contributed by atoms with Gasteiger partial charge in [-0.1, -0.05) is 6.08 Å². The Bertz CT molecular complexity index is 1420. The number of aromatic amines is 1. The molecule has 38 heavy (non-hydrogen) atoms. The monoisotopic (exact) mass is 536 g/mol. The highest BCUT2D eigenvalue weighted by Crippen LogP contribution is 2.26. The molecule has 6 N–H and O–H groups in total.